The molecule has 0 spiro atoms. The van der Waals surface area contributed by atoms with Gasteiger partial charge in [-0.15, -0.1) is 11.3 Å². The second-order valence-electron chi connectivity index (χ2n) is 10.8. The van der Waals surface area contributed by atoms with Crippen LogP contribution in [0.25, 0.3) is 11.8 Å². The van der Waals surface area contributed by atoms with Gasteiger partial charge in [0.15, 0.2) is 5.01 Å². The quantitative estimate of drug-likeness (QED) is 0.151. The van der Waals surface area contributed by atoms with Gasteiger partial charge in [0.2, 0.25) is 5.78 Å². The van der Waals surface area contributed by atoms with Crippen molar-refractivity contribution in [3.8, 4) is 5.69 Å². The van der Waals surface area contributed by atoms with Crippen LogP contribution in [0.5, 0.6) is 0 Å². The minimum atomic E-state index is -4.63. The molecule has 43 heavy (non-hydrogen) atoms. The molecule has 0 radical (unpaired) electrons. The number of fused-ring (bicyclic) bond motifs is 2. The van der Waals surface area contributed by atoms with Gasteiger partial charge < -0.3 is 0 Å². The number of nitrogens with zero attached hydrogens (tertiary/aromatic N) is 6. The lowest BCUT2D eigenvalue weighted by Gasteiger charge is -2.47. The van der Waals surface area contributed by atoms with Crippen LogP contribution in [0, 0.1) is 11.2 Å². The first-order valence-corrected chi connectivity index (χ1v) is 16.1. The Balaban J connectivity index is 1.44. The van der Waals surface area contributed by atoms with Crippen molar-refractivity contribution in [1.29, 1.82) is 0 Å². The van der Waals surface area contributed by atoms with Gasteiger partial charge in [-0.1, -0.05) is 12.5 Å². The van der Waals surface area contributed by atoms with Crippen molar-refractivity contribution in [3.05, 3.63) is 81.6 Å². The minimum absolute atomic E-state index is 0.175. The molecule has 1 fully saturated rings. The van der Waals surface area contributed by atoms with Gasteiger partial charge >= 0.3 is 6.18 Å². The zero-order valence-electron chi connectivity index (χ0n) is 23.3. The number of hydrogen-bond donors (Lipinski definition) is 0. The fraction of sp³-hybridized carbons (Fsp3) is 0.345. The molecule has 1 aromatic carbocycles. The van der Waals surface area contributed by atoms with Gasteiger partial charge in [0.1, 0.15) is 10.7 Å². The number of halogens is 4. The SMILES string of the molecule is C=S(=O)(c1cnn(C)c1)N(CC)[C@H]1CCC2=Cc3c(cnn3-c3ccc(F)cc3)C[C@]2(C(=O)c2ncc(C(F)(F)F)s2)C1. The molecule has 14 heteroatoms. The Kier molecular flexibility index (Phi) is 7.21. The number of carbonyl (C=O) groups excluding carboxylic acids is 1. The maximum atomic E-state index is 14.4. The highest BCUT2D eigenvalue weighted by molar-refractivity contribution is 7.98. The Morgan fingerprint density at radius 2 is 1.95 bits per heavy atom. The molecular weight excluding hydrogens is 604 g/mol. The van der Waals surface area contributed by atoms with E-state index in [-0.39, 0.29) is 29.7 Å². The molecule has 0 aliphatic heterocycles. The van der Waals surface area contributed by atoms with Crippen LogP contribution in [0.2, 0.25) is 0 Å². The largest absolute Gasteiger partial charge is 0.427 e. The molecule has 6 rings (SSSR count). The Bertz CT molecular complexity index is 1840. The van der Waals surface area contributed by atoms with Crippen molar-refractivity contribution in [2.75, 3.05) is 6.54 Å². The zero-order chi connectivity index (χ0) is 30.7. The molecule has 3 atom stereocenters. The summed E-state index contributed by atoms with van der Waals surface area (Å²) < 4.78 is 73.2. The molecular formula is C29H28F4N6O2S2. The predicted molar refractivity (Wildman–Crippen MR) is 156 cm³/mol. The number of Topliss-reactive ketones (excluding diaryl/α,β-unsaturated/α-hetero) is 1. The highest BCUT2D eigenvalue weighted by Crippen LogP contribution is 2.52. The van der Waals surface area contributed by atoms with E-state index in [9.17, 15) is 26.6 Å². The van der Waals surface area contributed by atoms with Crippen LogP contribution in [0.3, 0.4) is 0 Å². The molecule has 4 aromatic rings. The third-order valence-electron chi connectivity index (χ3n) is 8.27. The van der Waals surface area contributed by atoms with Crippen molar-refractivity contribution in [3.63, 3.8) is 0 Å². The summed E-state index contributed by atoms with van der Waals surface area (Å²) in [5.41, 5.74) is 1.60. The molecule has 3 aromatic heterocycles. The van der Waals surface area contributed by atoms with Crippen molar-refractivity contribution < 1.29 is 26.6 Å². The van der Waals surface area contributed by atoms with E-state index < -0.39 is 32.0 Å². The maximum Gasteiger partial charge on any atom is 0.427 e. The fourth-order valence-corrected chi connectivity index (χ4v) is 8.94. The molecule has 1 unspecified atom stereocenters. The number of allylic oxidation sites excluding steroid dienone is 1. The number of aryl methyl sites for hydroxylation is 1. The average molecular weight is 633 g/mol. The van der Waals surface area contributed by atoms with Crippen LogP contribution in [-0.4, -0.2) is 57.3 Å². The average Bonchev–Trinajstić information content (AvgIpc) is 3.72. The summed E-state index contributed by atoms with van der Waals surface area (Å²) in [4.78, 5) is 17.8. The van der Waals surface area contributed by atoms with Crippen LogP contribution >= 0.6 is 11.3 Å². The third-order valence-corrected chi connectivity index (χ3v) is 11.6. The lowest BCUT2D eigenvalue weighted by molar-refractivity contribution is -0.134. The van der Waals surface area contributed by atoms with E-state index >= 15 is 0 Å². The molecule has 0 amide bonds. The van der Waals surface area contributed by atoms with Crippen molar-refractivity contribution >= 4 is 38.8 Å². The normalized spacial score (nSPS) is 21.7. The summed E-state index contributed by atoms with van der Waals surface area (Å²) in [6.45, 7) is 2.23. The Labute approximate surface area is 249 Å². The second-order valence-corrected chi connectivity index (χ2v) is 14.1. The topological polar surface area (TPSA) is 85.9 Å². The molecule has 2 aliphatic rings. The molecule has 0 bridgehead atoms. The summed E-state index contributed by atoms with van der Waals surface area (Å²) in [7, 11) is -1.27. The standard InChI is InChI=1S/C29H28F4N6O2S2/c1-4-38(43(3,41)23-15-35-37(2)17-23)22-8-5-19-11-24-18(14-36-39(24)21-9-6-20(30)7-10-21)12-28(19,13-22)26(40)27-34-16-25(42-27)29(31,32)33/h6-7,9-11,14-17,22H,3-5,8,12-13H2,1-2H3/t22-,28-,43?/m0/s1. The number of aromatic nitrogens is 5. The van der Waals surface area contributed by atoms with E-state index in [0.717, 1.165) is 16.8 Å². The van der Waals surface area contributed by atoms with Gasteiger partial charge in [-0.2, -0.15) is 23.4 Å². The molecule has 0 N–H and O–H groups in total. The highest BCUT2D eigenvalue weighted by atomic mass is 32.2. The number of benzene rings is 1. The van der Waals surface area contributed by atoms with Crippen LogP contribution in [0.15, 0.2) is 59.5 Å². The van der Waals surface area contributed by atoms with Gasteiger partial charge in [0.25, 0.3) is 0 Å². The number of thiazole rings is 1. The lowest BCUT2D eigenvalue weighted by atomic mass is 9.61. The zero-order valence-corrected chi connectivity index (χ0v) is 25.0. The van der Waals surface area contributed by atoms with E-state index in [1.54, 1.807) is 45.2 Å². The first kappa shape index (κ1) is 29.5. The van der Waals surface area contributed by atoms with Gasteiger partial charge in [-0.05, 0) is 67.5 Å². The second kappa shape index (κ2) is 10.5. The fourth-order valence-electron chi connectivity index (χ4n) is 6.24. The highest BCUT2D eigenvalue weighted by Gasteiger charge is 2.52. The summed E-state index contributed by atoms with van der Waals surface area (Å²) in [5.74, 6) is 3.17. The van der Waals surface area contributed by atoms with Gasteiger partial charge in [0, 0.05) is 25.8 Å². The molecule has 0 saturated heterocycles. The number of alkyl halides is 3. The number of ketones is 1. The lowest BCUT2D eigenvalue weighted by Crippen LogP contribution is -2.50. The monoisotopic (exact) mass is 632 g/mol. The molecule has 3 heterocycles. The summed E-state index contributed by atoms with van der Waals surface area (Å²) in [6.07, 6.45) is 4.10. The van der Waals surface area contributed by atoms with Crippen molar-refractivity contribution in [1.82, 2.24) is 28.9 Å². The summed E-state index contributed by atoms with van der Waals surface area (Å²) in [5, 5.41) is 8.43. The Hall–Kier alpha value is -3.62. The molecule has 2 aliphatic carbocycles. The molecule has 8 nitrogen and oxygen atoms in total. The van der Waals surface area contributed by atoms with E-state index in [1.165, 1.54) is 18.3 Å². The molecule has 226 valence electrons. The van der Waals surface area contributed by atoms with Crippen LogP contribution in [0.1, 0.15) is 52.1 Å². The van der Waals surface area contributed by atoms with E-state index in [1.807, 2.05) is 13.0 Å². The number of rotatable bonds is 7. The van der Waals surface area contributed by atoms with Crippen LogP contribution in [-0.2, 0) is 29.4 Å². The summed E-state index contributed by atoms with van der Waals surface area (Å²) >= 11 is 0.335. The Morgan fingerprint density at radius 1 is 1.21 bits per heavy atom. The third kappa shape index (κ3) is 5.04. The van der Waals surface area contributed by atoms with Gasteiger partial charge in [0.05, 0.1) is 50.0 Å². The number of hydrogen-bond acceptors (Lipinski definition) is 6. The van der Waals surface area contributed by atoms with Crippen molar-refractivity contribution in [2.24, 2.45) is 12.5 Å². The Morgan fingerprint density at radius 3 is 2.58 bits per heavy atom. The van der Waals surface area contributed by atoms with E-state index in [0.29, 0.717) is 47.5 Å². The van der Waals surface area contributed by atoms with E-state index in [2.05, 4.69) is 21.1 Å². The minimum Gasteiger partial charge on any atom is -0.290 e. The first-order valence-electron chi connectivity index (χ1n) is 13.6. The molecule has 1 saturated carbocycles. The van der Waals surface area contributed by atoms with Gasteiger partial charge in [-0.3, -0.25) is 9.48 Å². The van der Waals surface area contributed by atoms with E-state index in [4.69, 9.17) is 0 Å². The maximum absolute atomic E-state index is 14.4. The smallest absolute Gasteiger partial charge is 0.290 e. The van der Waals surface area contributed by atoms with Crippen molar-refractivity contribution in [2.45, 2.75) is 49.7 Å². The predicted octanol–water partition coefficient (Wildman–Crippen LogP) is 5.59. The first-order chi connectivity index (χ1) is 20.3. The van der Waals surface area contributed by atoms with Crippen LogP contribution in [0.4, 0.5) is 17.6 Å². The summed E-state index contributed by atoms with van der Waals surface area (Å²) in [6, 6.07) is 5.49. The number of carbonyl (C=O) groups is 1. The van der Waals surface area contributed by atoms with Crippen LogP contribution < -0.4 is 0 Å². The van der Waals surface area contributed by atoms with Gasteiger partial charge in [-0.25, -0.2) is 22.6 Å².